The maximum absolute atomic E-state index is 13.0. The molecule has 12 heteroatoms. The van der Waals surface area contributed by atoms with E-state index in [0.717, 1.165) is 16.9 Å². The quantitative estimate of drug-likeness (QED) is 0.287. The number of benzene rings is 2. The average Bonchev–Trinajstić information content (AvgIpc) is 3.51. The Labute approximate surface area is 221 Å². The van der Waals surface area contributed by atoms with Gasteiger partial charge in [-0.3, -0.25) is 4.79 Å². The molecule has 1 atom stereocenters. The van der Waals surface area contributed by atoms with Crippen molar-refractivity contribution in [1.82, 2.24) is 4.31 Å². The zero-order chi connectivity index (χ0) is 26.6. The SMILES string of the molecule is O=C(CCc1cccc(OCc2cccc(OC(F)(F)F)c2)c1)[C@@H]1CCCN1S(=O)(=O)c1ccc(Cl)s1. The minimum atomic E-state index is -4.78. The third kappa shape index (κ3) is 7.25. The number of aryl methyl sites for hydroxylation is 1. The van der Waals surface area contributed by atoms with Crippen LogP contribution in [-0.2, 0) is 27.8 Å². The number of rotatable bonds is 10. The number of ketones is 1. The number of hydrogen-bond acceptors (Lipinski definition) is 6. The zero-order valence-electron chi connectivity index (χ0n) is 19.4. The van der Waals surface area contributed by atoms with Crippen molar-refractivity contribution in [3.63, 3.8) is 0 Å². The Hall–Kier alpha value is -2.60. The lowest BCUT2D eigenvalue weighted by atomic mass is 10.0. The highest BCUT2D eigenvalue weighted by molar-refractivity contribution is 7.91. The molecule has 1 aliphatic rings. The number of carbonyl (C=O) groups excluding carboxylic acids is 1. The van der Waals surface area contributed by atoms with Gasteiger partial charge in [0, 0.05) is 13.0 Å². The number of Topliss-reactive ketones (excluding diaryl/α,β-unsaturated/α-hetero) is 1. The molecule has 37 heavy (non-hydrogen) atoms. The highest BCUT2D eigenvalue weighted by Crippen LogP contribution is 2.33. The van der Waals surface area contributed by atoms with Crippen LogP contribution in [-0.4, -0.2) is 37.5 Å². The highest BCUT2D eigenvalue weighted by atomic mass is 35.5. The van der Waals surface area contributed by atoms with E-state index in [9.17, 15) is 26.4 Å². The Balaban J connectivity index is 1.34. The zero-order valence-corrected chi connectivity index (χ0v) is 21.8. The van der Waals surface area contributed by atoms with E-state index in [4.69, 9.17) is 16.3 Å². The number of carbonyl (C=O) groups is 1. The van der Waals surface area contributed by atoms with E-state index in [1.54, 1.807) is 24.3 Å². The third-order valence-electron chi connectivity index (χ3n) is 5.78. The topological polar surface area (TPSA) is 72.9 Å². The maximum atomic E-state index is 13.0. The third-order valence-corrected chi connectivity index (χ3v) is 9.39. The normalized spacial score (nSPS) is 16.6. The molecule has 2 heterocycles. The lowest BCUT2D eigenvalue weighted by Crippen LogP contribution is -2.40. The molecule has 198 valence electrons. The Morgan fingerprint density at radius 2 is 1.76 bits per heavy atom. The van der Waals surface area contributed by atoms with E-state index in [-0.39, 0.29) is 35.3 Å². The molecule has 0 N–H and O–H groups in total. The molecule has 3 aromatic rings. The number of ether oxygens (including phenoxy) is 2. The fourth-order valence-electron chi connectivity index (χ4n) is 4.13. The van der Waals surface area contributed by atoms with Crippen LogP contribution in [0, 0.1) is 0 Å². The second-order valence-corrected chi connectivity index (χ2v) is 12.3. The minimum absolute atomic E-state index is 0.0269. The highest BCUT2D eigenvalue weighted by Gasteiger charge is 2.39. The van der Waals surface area contributed by atoms with Gasteiger partial charge in [-0.1, -0.05) is 35.9 Å². The summed E-state index contributed by atoms with van der Waals surface area (Å²) in [6, 6.07) is 14.8. The number of alkyl halides is 3. The summed E-state index contributed by atoms with van der Waals surface area (Å²) in [6.07, 6.45) is -3.16. The van der Waals surface area contributed by atoms with Crippen molar-refractivity contribution in [2.24, 2.45) is 0 Å². The molecule has 1 aromatic heterocycles. The first-order valence-corrected chi connectivity index (χ1v) is 14.0. The summed E-state index contributed by atoms with van der Waals surface area (Å²) in [5, 5.41) is 0. The van der Waals surface area contributed by atoms with E-state index < -0.39 is 22.4 Å². The Morgan fingerprint density at radius 1 is 1.05 bits per heavy atom. The van der Waals surface area contributed by atoms with Crippen LogP contribution in [0.25, 0.3) is 0 Å². The van der Waals surface area contributed by atoms with Gasteiger partial charge in [-0.25, -0.2) is 8.42 Å². The molecule has 0 saturated carbocycles. The van der Waals surface area contributed by atoms with Gasteiger partial charge < -0.3 is 9.47 Å². The van der Waals surface area contributed by atoms with Gasteiger partial charge in [0.05, 0.1) is 10.4 Å². The molecule has 4 rings (SSSR count). The van der Waals surface area contributed by atoms with Gasteiger partial charge in [0.2, 0.25) is 0 Å². The molecular weight excluding hydrogens is 551 g/mol. The van der Waals surface area contributed by atoms with Crippen LogP contribution in [0.15, 0.2) is 64.9 Å². The van der Waals surface area contributed by atoms with E-state index in [2.05, 4.69) is 4.74 Å². The lowest BCUT2D eigenvalue weighted by Gasteiger charge is -2.22. The number of halogens is 4. The van der Waals surface area contributed by atoms with Crippen LogP contribution in [0.2, 0.25) is 4.34 Å². The average molecular weight is 574 g/mol. The number of thiophene rings is 1. The summed E-state index contributed by atoms with van der Waals surface area (Å²) >= 11 is 6.87. The molecule has 2 aromatic carbocycles. The second-order valence-electron chi connectivity index (χ2n) is 8.43. The fourth-order valence-corrected chi connectivity index (χ4v) is 7.42. The van der Waals surface area contributed by atoms with Crippen molar-refractivity contribution in [3.8, 4) is 11.5 Å². The lowest BCUT2D eigenvalue weighted by molar-refractivity contribution is -0.274. The number of sulfonamides is 1. The van der Waals surface area contributed by atoms with Crippen molar-refractivity contribution >= 4 is 38.7 Å². The fraction of sp³-hybridized carbons (Fsp3) is 0.320. The molecule has 0 unspecified atom stereocenters. The van der Waals surface area contributed by atoms with Crippen LogP contribution >= 0.6 is 22.9 Å². The predicted molar refractivity (Wildman–Crippen MR) is 133 cm³/mol. The Bertz CT molecular complexity index is 1360. The van der Waals surface area contributed by atoms with E-state index in [0.29, 0.717) is 34.9 Å². The molecule has 0 amide bonds. The molecule has 1 fully saturated rings. The molecule has 0 aliphatic carbocycles. The number of nitrogens with zero attached hydrogens (tertiary/aromatic N) is 1. The molecule has 1 saturated heterocycles. The van der Waals surface area contributed by atoms with Gasteiger partial charge in [-0.05, 0) is 66.8 Å². The summed E-state index contributed by atoms with van der Waals surface area (Å²) in [5.41, 5.74) is 1.31. The molecule has 0 bridgehead atoms. The van der Waals surface area contributed by atoms with Crippen molar-refractivity contribution in [2.75, 3.05) is 6.54 Å². The molecular formula is C25H23ClF3NO5S2. The Morgan fingerprint density at radius 3 is 2.46 bits per heavy atom. The van der Waals surface area contributed by atoms with Crippen LogP contribution in [0.1, 0.15) is 30.4 Å². The first kappa shape index (κ1) is 27.4. The van der Waals surface area contributed by atoms with E-state index in [1.165, 1.54) is 34.6 Å². The van der Waals surface area contributed by atoms with Crippen LogP contribution in [0.3, 0.4) is 0 Å². The van der Waals surface area contributed by atoms with Crippen LogP contribution in [0.5, 0.6) is 11.5 Å². The maximum Gasteiger partial charge on any atom is 0.573 e. The number of hydrogen-bond donors (Lipinski definition) is 0. The first-order valence-electron chi connectivity index (χ1n) is 11.4. The predicted octanol–water partition coefficient (Wildman–Crippen LogP) is 6.23. The summed E-state index contributed by atoms with van der Waals surface area (Å²) < 4.78 is 74.7. The van der Waals surface area contributed by atoms with Crippen molar-refractivity contribution in [1.29, 1.82) is 0 Å². The van der Waals surface area contributed by atoms with Gasteiger partial charge in [0.1, 0.15) is 22.3 Å². The molecule has 0 spiro atoms. The van der Waals surface area contributed by atoms with Gasteiger partial charge in [0.25, 0.3) is 10.0 Å². The van der Waals surface area contributed by atoms with Crippen LogP contribution in [0.4, 0.5) is 13.2 Å². The monoisotopic (exact) mass is 573 g/mol. The molecule has 0 radical (unpaired) electrons. The molecule has 1 aliphatic heterocycles. The summed E-state index contributed by atoms with van der Waals surface area (Å²) in [5.74, 6) is 0.00859. The van der Waals surface area contributed by atoms with Crippen molar-refractivity contribution < 1.29 is 35.9 Å². The second kappa shape index (κ2) is 11.4. The first-order chi connectivity index (χ1) is 17.5. The Kier molecular flexibility index (Phi) is 8.47. The molecule has 6 nitrogen and oxygen atoms in total. The van der Waals surface area contributed by atoms with Gasteiger partial charge >= 0.3 is 6.36 Å². The standard InChI is InChI=1S/C25H23ClF3NO5S2/c26-23-11-12-24(36-23)37(32,33)30-13-3-8-21(30)22(31)10-9-17-4-1-6-19(14-17)34-16-18-5-2-7-20(15-18)35-25(27,28)29/h1-2,4-7,11-12,14-15,21H,3,8-10,13,16H2/t21-/m0/s1. The van der Waals surface area contributed by atoms with E-state index >= 15 is 0 Å². The van der Waals surface area contributed by atoms with E-state index in [1.807, 2.05) is 6.07 Å². The largest absolute Gasteiger partial charge is 0.573 e. The summed E-state index contributed by atoms with van der Waals surface area (Å²) in [4.78, 5) is 13.0. The van der Waals surface area contributed by atoms with Crippen molar-refractivity contribution in [2.45, 2.75) is 48.9 Å². The minimum Gasteiger partial charge on any atom is -0.489 e. The summed E-state index contributed by atoms with van der Waals surface area (Å²) in [7, 11) is -3.79. The smallest absolute Gasteiger partial charge is 0.489 e. The van der Waals surface area contributed by atoms with Crippen LogP contribution < -0.4 is 9.47 Å². The van der Waals surface area contributed by atoms with Gasteiger partial charge in [-0.2, -0.15) is 4.31 Å². The summed E-state index contributed by atoms with van der Waals surface area (Å²) in [6.45, 7) is 0.311. The van der Waals surface area contributed by atoms with Gasteiger partial charge in [0.15, 0.2) is 5.78 Å². The van der Waals surface area contributed by atoms with Crippen molar-refractivity contribution in [3.05, 3.63) is 76.1 Å². The van der Waals surface area contributed by atoms with Gasteiger partial charge in [-0.15, -0.1) is 24.5 Å².